The number of aromatic nitrogens is 2. The highest BCUT2D eigenvalue weighted by molar-refractivity contribution is 7.89. The molecule has 4 rings (SSSR count). The fourth-order valence-electron chi connectivity index (χ4n) is 3.66. The summed E-state index contributed by atoms with van der Waals surface area (Å²) in [6.45, 7) is 5.68. The van der Waals surface area contributed by atoms with Crippen LogP contribution in [-0.2, 0) is 34.1 Å². The van der Waals surface area contributed by atoms with Crippen molar-refractivity contribution in [2.45, 2.75) is 37.6 Å². The van der Waals surface area contributed by atoms with Crippen molar-refractivity contribution < 1.29 is 13.2 Å². The Bertz CT molecular complexity index is 925. The summed E-state index contributed by atoms with van der Waals surface area (Å²) in [4.78, 5) is 11.6. The summed E-state index contributed by atoms with van der Waals surface area (Å²) in [5.41, 5.74) is 2.99. The molecule has 2 aliphatic rings. The molecule has 0 N–H and O–H groups in total. The van der Waals surface area contributed by atoms with E-state index >= 15 is 0 Å². The first-order chi connectivity index (χ1) is 13.6. The zero-order valence-corrected chi connectivity index (χ0v) is 17.0. The smallest absolute Gasteiger partial charge is 0.243 e. The normalized spacial score (nSPS) is 18.1. The predicted octanol–water partition coefficient (Wildman–Crippen LogP) is 2.01. The summed E-state index contributed by atoms with van der Waals surface area (Å²) in [6, 6.07) is 7.25. The lowest BCUT2D eigenvalue weighted by Crippen LogP contribution is -2.39. The zero-order chi connectivity index (χ0) is 19.6. The first kappa shape index (κ1) is 19.3. The van der Waals surface area contributed by atoms with Crippen molar-refractivity contribution in [3.63, 3.8) is 0 Å². The molecule has 0 unspecified atom stereocenters. The van der Waals surface area contributed by atoms with E-state index in [1.165, 1.54) is 4.31 Å². The lowest BCUT2D eigenvalue weighted by atomic mass is 10.1. The van der Waals surface area contributed by atoms with Crippen LogP contribution in [0.15, 0.2) is 35.4 Å². The highest BCUT2D eigenvalue weighted by Crippen LogP contribution is 2.25. The fourth-order valence-corrected chi connectivity index (χ4v) is 5.06. The SMILES string of the molecule is CCCc1ccc(S(=O)(=O)N2CCc3cnc(N4CCOCC4)nc3C2)cc1. The van der Waals surface area contributed by atoms with E-state index in [9.17, 15) is 8.42 Å². The van der Waals surface area contributed by atoms with E-state index in [0.717, 1.165) is 42.8 Å². The number of ether oxygens (including phenoxy) is 1. The van der Waals surface area contributed by atoms with E-state index in [1.54, 1.807) is 12.1 Å². The minimum absolute atomic E-state index is 0.286. The lowest BCUT2D eigenvalue weighted by Gasteiger charge is -2.30. The van der Waals surface area contributed by atoms with Gasteiger partial charge in [0.1, 0.15) is 0 Å². The molecule has 0 radical (unpaired) electrons. The van der Waals surface area contributed by atoms with E-state index < -0.39 is 10.0 Å². The van der Waals surface area contributed by atoms with Gasteiger partial charge in [-0.25, -0.2) is 18.4 Å². The molecule has 1 aromatic carbocycles. The number of hydrogen-bond acceptors (Lipinski definition) is 6. The zero-order valence-electron chi connectivity index (χ0n) is 16.2. The minimum Gasteiger partial charge on any atom is -0.378 e. The first-order valence-electron chi connectivity index (χ1n) is 9.84. The quantitative estimate of drug-likeness (QED) is 0.762. The molecule has 1 fully saturated rings. The van der Waals surface area contributed by atoms with Crippen LogP contribution in [0, 0.1) is 0 Å². The van der Waals surface area contributed by atoms with E-state index in [1.807, 2.05) is 18.3 Å². The van der Waals surface area contributed by atoms with Gasteiger partial charge in [0.25, 0.3) is 0 Å². The van der Waals surface area contributed by atoms with Crippen LogP contribution in [0.1, 0.15) is 30.2 Å². The van der Waals surface area contributed by atoms with E-state index in [-0.39, 0.29) is 6.54 Å². The monoisotopic (exact) mass is 402 g/mol. The molecule has 0 aliphatic carbocycles. The molecule has 0 amide bonds. The predicted molar refractivity (Wildman–Crippen MR) is 107 cm³/mol. The van der Waals surface area contributed by atoms with Gasteiger partial charge in [-0.15, -0.1) is 0 Å². The molecule has 1 aromatic heterocycles. The van der Waals surface area contributed by atoms with Crippen LogP contribution in [0.2, 0.25) is 0 Å². The van der Waals surface area contributed by atoms with Crippen LogP contribution in [-0.4, -0.2) is 55.5 Å². The molecule has 2 aromatic rings. The second kappa shape index (κ2) is 8.14. The van der Waals surface area contributed by atoms with Gasteiger partial charge in [0.15, 0.2) is 0 Å². The second-order valence-electron chi connectivity index (χ2n) is 7.22. The fraction of sp³-hybridized carbons (Fsp3) is 0.500. The number of fused-ring (bicyclic) bond motifs is 1. The molecule has 0 atom stereocenters. The standard InChI is InChI=1S/C20H26N4O3S/c1-2-3-16-4-6-18(7-5-16)28(25,26)24-9-8-17-14-21-20(22-19(17)15-24)23-10-12-27-13-11-23/h4-7,14H,2-3,8-13,15H2,1H3. The third kappa shape index (κ3) is 3.90. The molecular weight excluding hydrogens is 376 g/mol. The number of nitrogens with zero attached hydrogens (tertiary/aromatic N) is 4. The van der Waals surface area contributed by atoms with Gasteiger partial charge < -0.3 is 9.64 Å². The summed E-state index contributed by atoms with van der Waals surface area (Å²) in [7, 11) is -3.53. The Morgan fingerprint density at radius 1 is 1.11 bits per heavy atom. The molecule has 8 heteroatoms. The molecule has 150 valence electrons. The van der Waals surface area contributed by atoms with Crippen LogP contribution < -0.4 is 4.90 Å². The molecule has 28 heavy (non-hydrogen) atoms. The first-order valence-corrected chi connectivity index (χ1v) is 11.3. The van der Waals surface area contributed by atoms with Gasteiger partial charge in [0, 0.05) is 25.8 Å². The Morgan fingerprint density at radius 2 is 1.86 bits per heavy atom. The number of sulfonamides is 1. The molecule has 0 bridgehead atoms. The van der Waals surface area contributed by atoms with Crippen molar-refractivity contribution >= 4 is 16.0 Å². The summed E-state index contributed by atoms with van der Waals surface area (Å²) in [6.07, 6.45) is 4.47. The number of hydrogen-bond donors (Lipinski definition) is 0. The maximum atomic E-state index is 13.1. The number of aryl methyl sites for hydroxylation is 1. The molecule has 1 saturated heterocycles. The van der Waals surface area contributed by atoms with E-state index in [4.69, 9.17) is 4.74 Å². The Hall–Kier alpha value is -2.03. The Kier molecular flexibility index (Phi) is 5.61. The van der Waals surface area contributed by atoms with E-state index in [0.29, 0.717) is 37.0 Å². The lowest BCUT2D eigenvalue weighted by molar-refractivity contribution is 0.122. The third-order valence-electron chi connectivity index (χ3n) is 5.29. The summed E-state index contributed by atoms with van der Waals surface area (Å²) < 4.78 is 33.1. The highest BCUT2D eigenvalue weighted by Gasteiger charge is 2.30. The van der Waals surface area contributed by atoms with Crippen LogP contribution in [0.5, 0.6) is 0 Å². The number of benzene rings is 1. The van der Waals surface area contributed by atoms with Crippen LogP contribution >= 0.6 is 0 Å². The summed E-state index contributed by atoms with van der Waals surface area (Å²) in [5, 5.41) is 0. The van der Waals surface area contributed by atoms with Gasteiger partial charge in [-0.1, -0.05) is 25.5 Å². The van der Waals surface area contributed by atoms with Crippen molar-refractivity contribution in [2.24, 2.45) is 0 Å². The van der Waals surface area contributed by atoms with Crippen LogP contribution in [0.4, 0.5) is 5.95 Å². The average Bonchev–Trinajstić information content (AvgIpc) is 2.74. The van der Waals surface area contributed by atoms with Crippen molar-refractivity contribution in [3.05, 3.63) is 47.3 Å². The average molecular weight is 403 g/mol. The van der Waals surface area contributed by atoms with Gasteiger partial charge in [-0.2, -0.15) is 4.31 Å². The number of anilines is 1. The second-order valence-corrected chi connectivity index (χ2v) is 9.16. The molecule has 7 nitrogen and oxygen atoms in total. The maximum Gasteiger partial charge on any atom is 0.243 e. The number of rotatable bonds is 5. The van der Waals surface area contributed by atoms with Crippen molar-refractivity contribution in [2.75, 3.05) is 37.7 Å². The maximum absolute atomic E-state index is 13.1. The summed E-state index contributed by atoms with van der Waals surface area (Å²) in [5.74, 6) is 0.658. The topological polar surface area (TPSA) is 75.6 Å². The minimum atomic E-state index is -3.53. The van der Waals surface area contributed by atoms with Crippen molar-refractivity contribution in [1.29, 1.82) is 0 Å². The van der Waals surface area contributed by atoms with Gasteiger partial charge >= 0.3 is 0 Å². The summed E-state index contributed by atoms with van der Waals surface area (Å²) >= 11 is 0. The molecule has 3 heterocycles. The Morgan fingerprint density at radius 3 is 2.57 bits per heavy atom. The highest BCUT2D eigenvalue weighted by atomic mass is 32.2. The van der Waals surface area contributed by atoms with Gasteiger partial charge in [0.2, 0.25) is 16.0 Å². The largest absolute Gasteiger partial charge is 0.378 e. The van der Waals surface area contributed by atoms with Gasteiger partial charge in [-0.05, 0) is 36.1 Å². The van der Waals surface area contributed by atoms with Gasteiger partial charge in [-0.3, -0.25) is 0 Å². The van der Waals surface area contributed by atoms with Crippen molar-refractivity contribution in [3.8, 4) is 0 Å². The Labute approximate surface area is 166 Å². The Balaban J connectivity index is 1.55. The molecule has 0 saturated carbocycles. The molecular formula is C20H26N4O3S. The van der Waals surface area contributed by atoms with Crippen LogP contribution in [0.3, 0.4) is 0 Å². The van der Waals surface area contributed by atoms with Gasteiger partial charge in [0.05, 0.1) is 30.3 Å². The third-order valence-corrected chi connectivity index (χ3v) is 7.15. The van der Waals surface area contributed by atoms with E-state index in [2.05, 4.69) is 21.8 Å². The number of morpholine rings is 1. The molecule has 0 spiro atoms. The molecule has 2 aliphatic heterocycles. The van der Waals surface area contributed by atoms with Crippen molar-refractivity contribution in [1.82, 2.24) is 14.3 Å². The van der Waals surface area contributed by atoms with Crippen LogP contribution in [0.25, 0.3) is 0 Å².